The normalized spacial score (nSPS) is 19.2. The molecule has 1 atom stereocenters. The molecule has 0 bridgehead atoms. The fraction of sp³-hybridized carbons (Fsp3) is 0.667. The van der Waals surface area contributed by atoms with Crippen molar-refractivity contribution in [2.45, 2.75) is 25.7 Å². The average molecular weight is 140 g/mol. The summed E-state index contributed by atoms with van der Waals surface area (Å²) in [6.07, 6.45) is 2.69. The zero-order valence-corrected chi connectivity index (χ0v) is 6.39. The molecule has 0 N–H and O–H groups in total. The van der Waals surface area contributed by atoms with Crippen molar-refractivity contribution in [1.29, 1.82) is 0 Å². The fourth-order valence-corrected chi connectivity index (χ4v) is 1.80. The third-order valence-corrected chi connectivity index (χ3v) is 2.50. The highest BCUT2D eigenvalue weighted by Crippen LogP contribution is 2.40. The molecule has 48 valence electrons. The largest absolute Gasteiger partial charge is 0.225 e. The van der Waals surface area contributed by atoms with Crippen molar-refractivity contribution >= 4 is 8.51 Å². The fourth-order valence-electron chi connectivity index (χ4n) is 1.04. The van der Waals surface area contributed by atoms with Crippen LogP contribution in [0.1, 0.15) is 30.1 Å². The quantitative estimate of drug-likeness (QED) is 0.593. The predicted molar refractivity (Wildman–Crippen MR) is 38.2 cm³/mol. The zero-order chi connectivity index (χ0) is 6.27. The first-order valence-corrected chi connectivity index (χ1v) is 4.14. The van der Waals surface area contributed by atoms with Gasteiger partial charge in [0.1, 0.15) is 0 Å². The Bertz CT molecular complexity index is 215. The lowest BCUT2D eigenvalue weighted by atomic mass is 10.2. The van der Waals surface area contributed by atoms with Crippen LogP contribution in [0.4, 0.5) is 0 Å². The molecule has 0 aliphatic heterocycles. The molecule has 1 aliphatic rings. The van der Waals surface area contributed by atoms with Crippen LogP contribution < -0.4 is 0 Å². The van der Waals surface area contributed by atoms with Crippen LogP contribution in [-0.4, -0.2) is 9.49 Å². The van der Waals surface area contributed by atoms with Crippen LogP contribution in [0.3, 0.4) is 0 Å². The number of hydrogen-bond acceptors (Lipinski definition) is 2. The van der Waals surface area contributed by atoms with E-state index < -0.39 is 0 Å². The topological polar surface area (TPSA) is 25.8 Å². The highest BCUT2D eigenvalue weighted by molar-refractivity contribution is 7.20. The molecule has 9 heavy (non-hydrogen) atoms. The van der Waals surface area contributed by atoms with Crippen molar-refractivity contribution in [2.24, 2.45) is 0 Å². The number of rotatable bonds is 1. The molecule has 0 radical (unpaired) electrons. The van der Waals surface area contributed by atoms with Gasteiger partial charge in [-0.05, 0) is 19.8 Å². The Morgan fingerprint density at radius 3 is 2.67 bits per heavy atom. The van der Waals surface area contributed by atoms with Gasteiger partial charge in [0, 0.05) is 5.92 Å². The summed E-state index contributed by atoms with van der Waals surface area (Å²) in [5.74, 6) is 0.795. The van der Waals surface area contributed by atoms with Gasteiger partial charge in [-0.15, -0.1) is 0 Å². The molecule has 0 saturated heterocycles. The van der Waals surface area contributed by atoms with Crippen LogP contribution in [0.2, 0.25) is 0 Å². The SMILES string of the molecule is Cc1n[pH]nc1C1CC1. The minimum Gasteiger partial charge on any atom is -0.225 e. The van der Waals surface area contributed by atoms with Crippen molar-refractivity contribution in [1.82, 2.24) is 9.49 Å². The average Bonchev–Trinajstić information content (AvgIpc) is 2.58. The van der Waals surface area contributed by atoms with E-state index in [0.717, 1.165) is 5.92 Å². The minimum absolute atomic E-state index is 0.478. The van der Waals surface area contributed by atoms with Gasteiger partial charge >= 0.3 is 0 Å². The van der Waals surface area contributed by atoms with Gasteiger partial charge in [0.25, 0.3) is 0 Å². The molecular formula is C6H9N2P. The maximum absolute atomic E-state index is 4.32. The monoisotopic (exact) mass is 140 g/mol. The summed E-state index contributed by atoms with van der Waals surface area (Å²) >= 11 is 0. The summed E-state index contributed by atoms with van der Waals surface area (Å²) < 4.78 is 8.54. The van der Waals surface area contributed by atoms with E-state index in [9.17, 15) is 0 Å². The van der Waals surface area contributed by atoms with E-state index in [-0.39, 0.29) is 0 Å². The van der Waals surface area contributed by atoms with Gasteiger partial charge in [-0.2, -0.15) is 0 Å². The summed E-state index contributed by atoms with van der Waals surface area (Å²) in [5.41, 5.74) is 2.49. The standard InChI is InChI=1S/C6H9N2P/c1-4-6(5-2-3-5)8-9-7-4/h5,9H,2-3H2,1H3. The van der Waals surface area contributed by atoms with Crippen LogP contribution in [0.5, 0.6) is 0 Å². The summed E-state index contributed by atoms with van der Waals surface area (Å²) in [4.78, 5) is 0. The Balaban J connectivity index is 2.35. The second-order valence-corrected chi connectivity index (χ2v) is 3.22. The second-order valence-electron chi connectivity index (χ2n) is 2.57. The molecule has 0 amide bonds. The van der Waals surface area contributed by atoms with Crippen LogP contribution in [0.25, 0.3) is 0 Å². The maximum Gasteiger partial charge on any atom is 0.0706 e. The van der Waals surface area contributed by atoms with Crippen molar-refractivity contribution in [2.75, 3.05) is 0 Å². The molecule has 2 nitrogen and oxygen atoms in total. The van der Waals surface area contributed by atoms with Gasteiger partial charge in [0.05, 0.1) is 19.9 Å². The molecule has 3 heteroatoms. The Labute approximate surface area is 55.9 Å². The van der Waals surface area contributed by atoms with Crippen LogP contribution in [0.15, 0.2) is 0 Å². The summed E-state index contributed by atoms with van der Waals surface area (Å²) in [6.45, 7) is 2.07. The summed E-state index contributed by atoms with van der Waals surface area (Å²) in [6, 6.07) is 0. The lowest BCUT2D eigenvalue weighted by molar-refractivity contribution is 1.03. The Morgan fingerprint density at radius 1 is 1.44 bits per heavy atom. The van der Waals surface area contributed by atoms with Crippen LogP contribution >= 0.6 is 8.51 Å². The van der Waals surface area contributed by atoms with E-state index in [1.54, 1.807) is 0 Å². The number of nitrogens with zero attached hydrogens (tertiary/aromatic N) is 2. The Morgan fingerprint density at radius 2 is 2.22 bits per heavy atom. The lowest BCUT2D eigenvalue weighted by Gasteiger charge is -1.87. The molecule has 1 heterocycles. The first kappa shape index (κ1) is 5.43. The van der Waals surface area contributed by atoms with Gasteiger partial charge in [-0.1, -0.05) is 0 Å². The first-order valence-electron chi connectivity index (χ1n) is 3.25. The summed E-state index contributed by atoms with van der Waals surface area (Å²) in [5, 5.41) is 0. The van der Waals surface area contributed by atoms with Crippen molar-refractivity contribution < 1.29 is 0 Å². The maximum atomic E-state index is 4.32. The van der Waals surface area contributed by atoms with Crippen LogP contribution in [-0.2, 0) is 0 Å². The molecule has 0 aromatic carbocycles. The number of aromatic nitrogens is 2. The van der Waals surface area contributed by atoms with E-state index >= 15 is 0 Å². The third kappa shape index (κ3) is 0.878. The number of hydrogen-bond donors (Lipinski definition) is 0. The second kappa shape index (κ2) is 1.81. The summed E-state index contributed by atoms with van der Waals surface area (Å²) in [7, 11) is 0.478. The van der Waals surface area contributed by atoms with Gasteiger partial charge in [0.15, 0.2) is 0 Å². The molecule has 1 saturated carbocycles. The molecule has 1 unspecified atom stereocenters. The lowest BCUT2D eigenvalue weighted by Crippen LogP contribution is -1.81. The zero-order valence-electron chi connectivity index (χ0n) is 5.39. The Kier molecular flexibility index (Phi) is 1.09. The van der Waals surface area contributed by atoms with Crippen molar-refractivity contribution in [3.63, 3.8) is 0 Å². The van der Waals surface area contributed by atoms with Crippen LogP contribution in [0, 0.1) is 6.92 Å². The predicted octanol–water partition coefficient (Wildman–Crippen LogP) is 1.69. The van der Waals surface area contributed by atoms with Gasteiger partial charge in [-0.3, -0.25) is 0 Å². The molecule has 1 fully saturated rings. The van der Waals surface area contributed by atoms with E-state index in [4.69, 9.17) is 0 Å². The van der Waals surface area contributed by atoms with Gasteiger partial charge in [0.2, 0.25) is 0 Å². The number of aryl methyl sites for hydroxylation is 1. The highest BCUT2D eigenvalue weighted by Gasteiger charge is 2.27. The van der Waals surface area contributed by atoms with E-state index in [1.807, 2.05) is 0 Å². The third-order valence-electron chi connectivity index (χ3n) is 1.72. The van der Waals surface area contributed by atoms with E-state index in [2.05, 4.69) is 16.4 Å². The molecule has 0 spiro atoms. The molecule has 1 aromatic rings. The van der Waals surface area contributed by atoms with Gasteiger partial charge < -0.3 is 0 Å². The van der Waals surface area contributed by atoms with Crippen molar-refractivity contribution in [3.8, 4) is 0 Å². The van der Waals surface area contributed by atoms with E-state index in [0.29, 0.717) is 8.51 Å². The Hall–Kier alpha value is -0.360. The highest BCUT2D eigenvalue weighted by atomic mass is 31.1. The smallest absolute Gasteiger partial charge is 0.0706 e. The van der Waals surface area contributed by atoms with E-state index in [1.165, 1.54) is 24.2 Å². The molecule has 2 rings (SSSR count). The van der Waals surface area contributed by atoms with Crippen molar-refractivity contribution in [3.05, 3.63) is 11.4 Å². The molecule has 1 aromatic heterocycles. The molecule has 1 aliphatic carbocycles. The first-order chi connectivity index (χ1) is 4.38. The molecular weight excluding hydrogens is 131 g/mol. The minimum atomic E-state index is 0.478. The van der Waals surface area contributed by atoms with Gasteiger partial charge in [-0.25, -0.2) is 9.49 Å².